The van der Waals surface area contributed by atoms with Gasteiger partial charge in [0.25, 0.3) is 0 Å². The van der Waals surface area contributed by atoms with Crippen LogP contribution >= 0.6 is 0 Å². The van der Waals surface area contributed by atoms with Crippen molar-refractivity contribution in [2.24, 2.45) is 23.7 Å². The molecule has 3 heteroatoms. The summed E-state index contributed by atoms with van der Waals surface area (Å²) < 4.78 is 39.7. The zero-order chi connectivity index (χ0) is 18.5. The average Bonchev–Trinajstić information content (AvgIpc) is 2.66. The summed E-state index contributed by atoms with van der Waals surface area (Å²) in [6.45, 7) is 2.11. The van der Waals surface area contributed by atoms with Gasteiger partial charge in [0.2, 0.25) is 0 Å². The van der Waals surface area contributed by atoms with Gasteiger partial charge in [-0.05, 0) is 99.7 Å². The van der Waals surface area contributed by atoms with Crippen LogP contribution in [0.15, 0.2) is 24.3 Å². The van der Waals surface area contributed by atoms with Gasteiger partial charge in [-0.3, -0.25) is 0 Å². The Morgan fingerprint density at radius 1 is 0.846 bits per heavy atom. The molecular formula is C23H31F3. The third kappa shape index (κ3) is 4.92. The Bertz CT molecular complexity index is 583. The minimum atomic E-state index is -1.36. The first-order chi connectivity index (χ1) is 12.6. The fraction of sp³-hybridized carbons (Fsp3) is 0.652. The molecule has 144 valence electrons. The highest BCUT2D eigenvalue weighted by atomic mass is 19.2. The lowest BCUT2D eigenvalue weighted by Gasteiger charge is -2.37. The molecule has 0 nitrogen and oxygen atoms in total. The summed E-state index contributed by atoms with van der Waals surface area (Å²) in [7, 11) is 0. The van der Waals surface area contributed by atoms with Crippen molar-refractivity contribution < 1.29 is 13.2 Å². The summed E-state index contributed by atoms with van der Waals surface area (Å²) in [6.07, 6.45) is 16.6. The van der Waals surface area contributed by atoms with Gasteiger partial charge in [-0.25, -0.2) is 13.2 Å². The Kier molecular flexibility index (Phi) is 6.83. The molecule has 0 saturated heterocycles. The van der Waals surface area contributed by atoms with Crippen LogP contribution < -0.4 is 0 Å². The second-order valence-electron chi connectivity index (χ2n) is 8.39. The number of benzene rings is 1. The first-order valence-corrected chi connectivity index (χ1v) is 10.3. The van der Waals surface area contributed by atoms with E-state index in [1.807, 2.05) is 0 Å². The van der Waals surface area contributed by atoms with Crippen molar-refractivity contribution in [2.75, 3.05) is 0 Å². The van der Waals surface area contributed by atoms with Crippen molar-refractivity contribution >= 4 is 0 Å². The third-order valence-electron chi connectivity index (χ3n) is 6.72. The Morgan fingerprint density at radius 2 is 1.38 bits per heavy atom. The standard InChI is InChI=1S/C23H31F3/c1-2-3-16-6-10-19(11-7-16)20-12-8-17(9-13-20)4-5-18-14-21(24)23(26)22(25)15-18/h2-3,14-17,19-20H,4-13H2,1H3/b3-2+. The molecule has 0 heterocycles. The van der Waals surface area contributed by atoms with Crippen molar-refractivity contribution in [2.45, 2.75) is 71.1 Å². The SMILES string of the molecule is C/C=C/C1CCC(C2CCC(CCc3cc(F)c(F)c(F)c3)CC2)CC1. The van der Waals surface area contributed by atoms with E-state index in [0.29, 0.717) is 17.9 Å². The van der Waals surface area contributed by atoms with Crippen LogP contribution in [0.1, 0.15) is 70.3 Å². The van der Waals surface area contributed by atoms with Crippen LogP contribution in [-0.2, 0) is 6.42 Å². The molecule has 0 atom stereocenters. The van der Waals surface area contributed by atoms with Crippen LogP contribution in [0.4, 0.5) is 13.2 Å². The lowest BCUT2D eigenvalue weighted by atomic mass is 9.68. The average molecular weight is 364 g/mol. The van der Waals surface area contributed by atoms with Crippen molar-refractivity contribution in [1.29, 1.82) is 0 Å². The van der Waals surface area contributed by atoms with Crippen molar-refractivity contribution in [3.8, 4) is 0 Å². The predicted octanol–water partition coefficient (Wildman–Crippen LogP) is 7.23. The molecule has 0 N–H and O–H groups in total. The van der Waals surface area contributed by atoms with E-state index in [1.54, 1.807) is 0 Å². The lowest BCUT2D eigenvalue weighted by Crippen LogP contribution is -2.25. The molecular weight excluding hydrogens is 333 g/mol. The molecule has 1 aromatic carbocycles. The second kappa shape index (κ2) is 9.10. The van der Waals surface area contributed by atoms with Gasteiger partial charge in [-0.2, -0.15) is 0 Å². The maximum absolute atomic E-state index is 13.3. The topological polar surface area (TPSA) is 0 Å². The summed E-state index contributed by atoms with van der Waals surface area (Å²) >= 11 is 0. The van der Waals surface area contributed by atoms with E-state index < -0.39 is 17.5 Å². The maximum Gasteiger partial charge on any atom is 0.194 e. The van der Waals surface area contributed by atoms with Crippen LogP contribution in [0.5, 0.6) is 0 Å². The van der Waals surface area contributed by atoms with Gasteiger partial charge in [0.1, 0.15) is 0 Å². The summed E-state index contributed by atoms with van der Waals surface area (Å²) in [6, 6.07) is 2.29. The number of hydrogen-bond donors (Lipinski definition) is 0. The van der Waals surface area contributed by atoms with Crippen molar-refractivity contribution in [1.82, 2.24) is 0 Å². The molecule has 0 radical (unpaired) electrons. The van der Waals surface area contributed by atoms with E-state index in [4.69, 9.17) is 0 Å². The molecule has 2 aliphatic rings. The van der Waals surface area contributed by atoms with E-state index in [-0.39, 0.29) is 0 Å². The van der Waals surface area contributed by atoms with E-state index in [1.165, 1.54) is 51.4 Å². The minimum Gasteiger partial charge on any atom is -0.204 e. The Labute approximate surface area is 155 Å². The van der Waals surface area contributed by atoms with Crippen molar-refractivity contribution in [3.63, 3.8) is 0 Å². The Balaban J connectivity index is 1.42. The quantitative estimate of drug-likeness (QED) is 0.382. The first kappa shape index (κ1) is 19.5. The number of hydrogen-bond acceptors (Lipinski definition) is 0. The Hall–Kier alpha value is -1.25. The van der Waals surface area contributed by atoms with Gasteiger partial charge in [0.05, 0.1) is 0 Å². The normalized spacial score (nSPS) is 30.0. The Morgan fingerprint density at radius 3 is 1.92 bits per heavy atom. The second-order valence-corrected chi connectivity index (χ2v) is 8.39. The predicted molar refractivity (Wildman–Crippen MR) is 100 cm³/mol. The number of aryl methyl sites for hydroxylation is 1. The van der Waals surface area contributed by atoms with Crippen molar-refractivity contribution in [3.05, 3.63) is 47.3 Å². The molecule has 3 rings (SSSR count). The molecule has 2 fully saturated rings. The summed E-state index contributed by atoms with van der Waals surface area (Å²) in [5.41, 5.74) is 0.575. The maximum atomic E-state index is 13.3. The molecule has 0 spiro atoms. The molecule has 0 aliphatic heterocycles. The minimum absolute atomic E-state index is 0.575. The van der Waals surface area contributed by atoms with Gasteiger partial charge in [0, 0.05) is 0 Å². The monoisotopic (exact) mass is 364 g/mol. The molecule has 1 aromatic rings. The number of halogens is 3. The highest BCUT2D eigenvalue weighted by Gasteiger charge is 2.30. The summed E-state index contributed by atoms with van der Waals surface area (Å²) in [5.74, 6) is -0.296. The summed E-state index contributed by atoms with van der Waals surface area (Å²) in [5, 5.41) is 0. The van der Waals surface area contributed by atoms with Gasteiger partial charge in [0.15, 0.2) is 17.5 Å². The zero-order valence-corrected chi connectivity index (χ0v) is 15.8. The molecule has 2 aliphatic carbocycles. The van der Waals surface area contributed by atoms with Gasteiger partial charge in [-0.1, -0.05) is 25.0 Å². The molecule has 0 aromatic heterocycles. The number of rotatable bonds is 5. The van der Waals surface area contributed by atoms with Crippen LogP contribution in [0, 0.1) is 41.1 Å². The van der Waals surface area contributed by atoms with Gasteiger partial charge in [-0.15, -0.1) is 0 Å². The van der Waals surface area contributed by atoms with Gasteiger partial charge < -0.3 is 0 Å². The molecule has 0 unspecified atom stereocenters. The van der Waals surface area contributed by atoms with Crippen LogP contribution in [0.25, 0.3) is 0 Å². The largest absolute Gasteiger partial charge is 0.204 e. The molecule has 26 heavy (non-hydrogen) atoms. The van der Waals surface area contributed by atoms with E-state index >= 15 is 0 Å². The lowest BCUT2D eigenvalue weighted by molar-refractivity contribution is 0.152. The third-order valence-corrected chi connectivity index (χ3v) is 6.72. The summed E-state index contributed by atoms with van der Waals surface area (Å²) in [4.78, 5) is 0. The number of allylic oxidation sites excluding steroid dienone is 2. The van der Waals surface area contributed by atoms with Gasteiger partial charge >= 0.3 is 0 Å². The highest BCUT2D eigenvalue weighted by molar-refractivity contribution is 5.19. The van der Waals surface area contributed by atoms with E-state index in [0.717, 1.165) is 36.3 Å². The van der Waals surface area contributed by atoms with E-state index in [9.17, 15) is 13.2 Å². The molecule has 0 amide bonds. The zero-order valence-electron chi connectivity index (χ0n) is 15.8. The molecule has 2 saturated carbocycles. The fourth-order valence-electron chi connectivity index (χ4n) is 5.15. The fourth-order valence-corrected chi connectivity index (χ4v) is 5.15. The molecule has 0 bridgehead atoms. The van der Waals surface area contributed by atoms with E-state index in [2.05, 4.69) is 19.1 Å². The highest BCUT2D eigenvalue weighted by Crippen LogP contribution is 2.42. The first-order valence-electron chi connectivity index (χ1n) is 10.3. The van der Waals surface area contributed by atoms with Crippen LogP contribution in [0.3, 0.4) is 0 Å². The smallest absolute Gasteiger partial charge is 0.194 e. The van der Waals surface area contributed by atoms with Crippen LogP contribution in [-0.4, -0.2) is 0 Å². The van der Waals surface area contributed by atoms with Crippen LogP contribution in [0.2, 0.25) is 0 Å².